The lowest BCUT2D eigenvalue weighted by atomic mass is 10.2. The van der Waals surface area contributed by atoms with Crippen LogP contribution >= 0.6 is 34.5 Å². The normalized spacial score (nSPS) is 11.2. The van der Waals surface area contributed by atoms with Crippen molar-refractivity contribution in [2.24, 2.45) is 0 Å². The highest BCUT2D eigenvalue weighted by Crippen LogP contribution is 2.32. The molecule has 0 aliphatic heterocycles. The molecule has 0 bridgehead atoms. The second kappa shape index (κ2) is 7.81. The van der Waals surface area contributed by atoms with E-state index in [1.807, 2.05) is 25.1 Å². The first-order chi connectivity index (χ1) is 15.0. The monoisotopic (exact) mass is 469 g/mol. The minimum Gasteiger partial charge on any atom is -0.451 e. The molecule has 154 valence electrons. The zero-order valence-corrected chi connectivity index (χ0v) is 18.3. The Bertz CT molecular complexity index is 1440. The number of halogens is 2. The highest BCUT2D eigenvalue weighted by Gasteiger charge is 2.16. The van der Waals surface area contributed by atoms with Crippen molar-refractivity contribution in [1.82, 2.24) is 19.8 Å². The van der Waals surface area contributed by atoms with Gasteiger partial charge >= 0.3 is 0 Å². The number of rotatable bonds is 4. The molecule has 5 rings (SSSR count). The number of carbonyl (C=O) groups excluding carboxylic acids is 1. The molecule has 2 aromatic carbocycles. The summed E-state index contributed by atoms with van der Waals surface area (Å²) in [6.45, 7) is 1.84. The van der Waals surface area contributed by atoms with E-state index in [0.717, 1.165) is 16.4 Å². The van der Waals surface area contributed by atoms with Crippen LogP contribution in [0.1, 0.15) is 16.4 Å². The zero-order valence-electron chi connectivity index (χ0n) is 16.0. The number of hydrogen-bond acceptors (Lipinski definition) is 6. The lowest BCUT2D eigenvalue weighted by molar-refractivity contribution is 0.0997. The van der Waals surface area contributed by atoms with E-state index in [4.69, 9.17) is 27.6 Å². The third-order valence-electron chi connectivity index (χ3n) is 4.54. The topological polar surface area (TPSA) is 85.3 Å². The predicted octanol–water partition coefficient (Wildman–Crippen LogP) is 5.98. The summed E-state index contributed by atoms with van der Waals surface area (Å²) in [4.78, 5) is 13.4. The van der Waals surface area contributed by atoms with Gasteiger partial charge in [-0.25, -0.2) is 0 Å². The van der Waals surface area contributed by atoms with Gasteiger partial charge < -0.3 is 9.73 Å². The molecule has 1 amide bonds. The summed E-state index contributed by atoms with van der Waals surface area (Å²) in [7, 11) is 0. The molecule has 1 N–H and O–H groups in total. The number of furan rings is 1. The van der Waals surface area contributed by atoms with Crippen LogP contribution in [0.15, 0.2) is 59.0 Å². The second-order valence-electron chi connectivity index (χ2n) is 6.67. The standard InChI is InChI=1S/C21H13Cl2N5O2S/c1-11-25-26-21-28(11)27-20(31-21)12-3-2-4-14(9-12)24-19(29)18-8-7-17(30-18)15-6-5-13(22)10-16(15)23/h2-10H,1H3,(H,24,29). The van der Waals surface area contributed by atoms with Gasteiger partial charge in [-0.3, -0.25) is 4.79 Å². The summed E-state index contributed by atoms with van der Waals surface area (Å²) in [6.07, 6.45) is 0. The van der Waals surface area contributed by atoms with E-state index in [-0.39, 0.29) is 11.7 Å². The van der Waals surface area contributed by atoms with Crippen molar-refractivity contribution >= 4 is 51.1 Å². The Kier molecular flexibility index (Phi) is 4.97. The minimum absolute atomic E-state index is 0.167. The average molecular weight is 470 g/mol. The first-order valence-electron chi connectivity index (χ1n) is 9.14. The van der Waals surface area contributed by atoms with Gasteiger partial charge in [0.15, 0.2) is 11.6 Å². The summed E-state index contributed by atoms with van der Waals surface area (Å²) in [5, 5.41) is 17.2. The molecule has 0 radical (unpaired) electrons. The van der Waals surface area contributed by atoms with Gasteiger partial charge in [-0.1, -0.05) is 46.7 Å². The quantitative estimate of drug-likeness (QED) is 0.349. The van der Waals surface area contributed by atoms with E-state index in [1.165, 1.54) is 11.3 Å². The van der Waals surface area contributed by atoms with Crippen molar-refractivity contribution in [2.75, 3.05) is 5.32 Å². The van der Waals surface area contributed by atoms with E-state index < -0.39 is 0 Å². The largest absolute Gasteiger partial charge is 0.451 e. The molecule has 3 aromatic heterocycles. The molecule has 0 saturated carbocycles. The van der Waals surface area contributed by atoms with Gasteiger partial charge in [0.1, 0.15) is 10.8 Å². The van der Waals surface area contributed by atoms with Gasteiger partial charge in [0.2, 0.25) is 4.96 Å². The number of amides is 1. The number of nitrogens with one attached hydrogen (secondary N) is 1. The molecule has 0 atom stereocenters. The van der Waals surface area contributed by atoms with Crippen LogP contribution in [0.5, 0.6) is 0 Å². The number of nitrogens with zero attached hydrogens (tertiary/aromatic N) is 4. The van der Waals surface area contributed by atoms with Crippen molar-refractivity contribution < 1.29 is 9.21 Å². The molecule has 5 aromatic rings. The van der Waals surface area contributed by atoms with Crippen LogP contribution in [0.25, 0.3) is 26.9 Å². The summed E-state index contributed by atoms with van der Waals surface area (Å²) in [5.41, 5.74) is 2.14. The molecule has 0 fully saturated rings. The Morgan fingerprint density at radius 3 is 2.77 bits per heavy atom. The number of aryl methyl sites for hydroxylation is 1. The predicted molar refractivity (Wildman–Crippen MR) is 121 cm³/mol. The van der Waals surface area contributed by atoms with E-state index in [0.29, 0.717) is 32.0 Å². The Balaban J connectivity index is 1.37. The molecule has 31 heavy (non-hydrogen) atoms. The lowest BCUT2D eigenvalue weighted by Gasteiger charge is -2.05. The molecular formula is C21H13Cl2N5O2S. The van der Waals surface area contributed by atoms with Gasteiger partial charge in [0, 0.05) is 21.8 Å². The molecule has 10 heteroatoms. The molecule has 0 aliphatic rings. The minimum atomic E-state index is -0.373. The maximum atomic E-state index is 12.7. The summed E-state index contributed by atoms with van der Waals surface area (Å²) in [6, 6.07) is 15.8. The van der Waals surface area contributed by atoms with Crippen LogP contribution < -0.4 is 5.32 Å². The zero-order chi connectivity index (χ0) is 21.5. The Morgan fingerprint density at radius 2 is 1.97 bits per heavy atom. The average Bonchev–Trinajstić information content (AvgIpc) is 3.46. The molecule has 3 heterocycles. The highest BCUT2D eigenvalue weighted by molar-refractivity contribution is 7.19. The van der Waals surface area contributed by atoms with E-state index >= 15 is 0 Å². The van der Waals surface area contributed by atoms with Gasteiger partial charge in [-0.15, -0.1) is 10.2 Å². The van der Waals surface area contributed by atoms with Crippen LogP contribution in [-0.2, 0) is 0 Å². The van der Waals surface area contributed by atoms with Crippen molar-refractivity contribution in [3.8, 4) is 21.9 Å². The van der Waals surface area contributed by atoms with Crippen molar-refractivity contribution in [1.29, 1.82) is 0 Å². The number of anilines is 1. The van der Waals surface area contributed by atoms with E-state index in [1.54, 1.807) is 40.9 Å². The Labute approximate surface area is 190 Å². The van der Waals surface area contributed by atoms with Crippen LogP contribution in [-0.4, -0.2) is 25.7 Å². The van der Waals surface area contributed by atoms with Crippen LogP contribution in [0.2, 0.25) is 10.0 Å². The van der Waals surface area contributed by atoms with Crippen LogP contribution in [0, 0.1) is 6.92 Å². The third kappa shape index (κ3) is 3.81. The Morgan fingerprint density at radius 1 is 1.10 bits per heavy atom. The highest BCUT2D eigenvalue weighted by atomic mass is 35.5. The number of hydrogen-bond donors (Lipinski definition) is 1. The fraction of sp³-hybridized carbons (Fsp3) is 0.0476. The lowest BCUT2D eigenvalue weighted by Crippen LogP contribution is -2.10. The third-order valence-corrected chi connectivity index (χ3v) is 6.04. The maximum absolute atomic E-state index is 12.7. The molecular weight excluding hydrogens is 457 g/mol. The maximum Gasteiger partial charge on any atom is 0.291 e. The van der Waals surface area contributed by atoms with Crippen molar-refractivity contribution in [3.05, 3.63) is 76.2 Å². The number of aromatic nitrogens is 4. The number of fused-ring (bicyclic) bond motifs is 1. The van der Waals surface area contributed by atoms with E-state index in [9.17, 15) is 4.79 Å². The van der Waals surface area contributed by atoms with E-state index in [2.05, 4.69) is 20.6 Å². The van der Waals surface area contributed by atoms with Crippen molar-refractivity contribution in [2.45, 2.75) is 6.92 Å². The SMILES string of the molecule is Cc1nnc2sc(-c3cccc(NC(=O)c4ccc(-c5ccc(Cl)cc5Cl)o4)c3)nn12. The first-order valence-corrected chi connectivity index (χ1v) is 10.7. The van der Waals surface area contributed by atoms with Gasteiger partial charge in [-0.2, -0.15) is 9.61 Å². The molecule has 0 unspecified atom stereocenters. The number of benzene rings is 2. The van der Waals surface area contributed by atoms with Crippen molar-refractivity contribution in [3.63, 3.8) is 0 Å². The summed E-state index contributed by atoms with van der Waals surface area (Å²) < 4.78 is 7.41. The fourth-order valence-electron chi connectivity index (χ4n) is 3.05. The summed E-state index contributed by atoms with van der Waals surface area (Å²) >= 11 is 13.6. The van der Waals surface area contributed by atoms with Gasteiger partial charge in [-0.05, 0) is 49.4 Å². The number of carbonyl (C=O) groups is 1. The van der Waals surface area contributed by atoms with Gasteiger partial charge in [0.05, 0.1) is 5.02 Å². The van der Waals surface area contributed by atoms with Crippen LogP contribution in [0.4, 0.5) is 5.69 Å². The second-order valence-corrected chi connectivity index (χ2v) is 8.47. The van der Waals surface area contributed by atoms with Crippen LogP contribution in [0.3, 0.4) is 0 Å². The summed E-state index contributed by atoms with van der Waals surface area (Å²) in [5.74, 6) is 0.996. The first kappa shape index (κ1) is 19.7. The fourth-order valence-corrected chi connectivity index (χ4v) is 4.43. The molecule has 0 spiro atoms. The van der Waals surface area contributed by atoms with Gasteiger partial charge in [0.25, 0.3) is 5.91 Å². The molecule has 0 saturated heterocycles. The molecule has 7 nitrogen and oxygen atoms in total. The molecule has 0 aliphatic carbocycles. The Hall–Kier alpha value is -3.20. The smallest absolute Gasteiger partial charge is 0.291 e.